The van der Waals surface area contributed by atoms with Crippen molar-refractivity contribution in [2.45, 2.75) is 69.5 Å². The van der Waals surface area contributed by atoms with E-state index in [9.17, 15) is 16.8 Å². The van der Waals surface area contributed by atoms with Gasteiger partial charge in [-0.05, 0) is 25.7 Å². The molecule has 0 spiro atoms. The van der Waals surface area contributed by atoms with Crippen LogP contribution in [-0.2, 0) is 20.1 Å². The highest BCUT2D eigenvalue weighted by Crippen LogP contribution is 2.31. The molecule has 2 fully saturated rings. The second-order valence-electron chi connectivity index (χ2n) is 5.69. The Kier molecular flexibility index (Phi) is 5.06. The lowest BCUT2D eigenvalue weighted by Crippen LogP contribution is -2.36. The van der Waals surface area contributed by atoms with Crippen molar-refractivity contribution in [2.24, 2.45) is 5.92 Å². The predicted molar refractivity (Wildman–Crippen MR) is 76.3 cm³/mol. The van der Waals surface area contributed by atoms with E-state index in [0.717, 1.165) is 38.5 Å². The summed E-state index contributed by atoms with van der Waals surface area (Å²) in [5.41, 5.74) is 0. The van der Waals surface area contributed by atoms with E-state index in [-0.39, 0.29) is 10.1 Å². The highest BCUT2D eigenvalue weighted by molar-refractivity contribution is 8.16. The van der Waals surface area contributed by atoms with Crippen LogP contribution in [0.15, 0.2) is 0 Å². The molecule has 0 aromatic carbocycles. The van der Waals surface area contributed by atoms with E-state index >= 15 is 0 Å². The standard InChI is InChI=1S/C13H22O4S2/c14-18(15)13(11-7-3-1-4-8-11)19(16,17)12-9-5-2-6-10-12/h11-12H,1-10H2. The van der Waals surface area contributed by atoms with Crippen molar-refractivity contribution in [1.29, 1.82) is 0 Å². The maximum absolute atomic E-state index is 12.6. The molecule has 6 heteroatoms. The molecule has 0 amide bonds. The molecule has 0 radical (unpaired) electrons. The zero-order valence-electron chi connectivity index (χ0n) is 11.2. The van der Waals surface area contributed by atoms with Crippen LogP contribution in [0.25, 0.3) is 0 Å². The van der Waals surface area contributed by atoms with Gasteiger partial charge in [-0.2, -0.15) is 8.42 Å². The lowest BCUT2D eigenvalue weighted by Gasteiger charge is -2.26. The van der Waals surface area contributed by atoms with Crippen molar-refractivity contribution in [3.05, 3.63) is 0 Å². The largest absolute Gasteiger partial charge is 0.229 e. The minimum atomic E-state index is -3.62. The number of rotatable bonds is 2. The average molecular weight is 306 g/mol. The topological polar surface area (TPSA) is 68.3 Å². The Bertz CT molecular complexity index is 525. The number of hydrogen-bond donors (Lipinski definition) is 0. The van der Waals surface area contributed by atoms with Gasteiger partial charge < -0.3 is 0 Å². The van der Waals surface area contributed by atoms with E-state index in [1.165, 1.54) is 0 Å². The van der Waals surface area contributed by atoms with Gasteiger partial charge in [0.05, 0.1) is 5.25 Å². The lowest BCUT2D eigenvalue weighted by atomic mass is 9.91. The van der Waals surface area contributed by atoms with Crippen LogP contribution in [0.2, 0.25) is 0 Å². The van der Waals surface area contributed by atoms with E-state index in [2.05, 4.69) is 0 Å². The van der Waals surface area contributed by atoms with Crippen molar-refractivity contribution >= 4 is 24.3 Å². The molecule has 0 atom stereocenters. The Hall–Kier alpha value is -0.360. The molecule has 0 N–H and O–H groups in total. The maximum atomic E-state index is 12.6. The summed E-state index contributed by atoms with van der Waals surface area (Å²) in [6.07, 6.45) is 8.46. The predicted octanol–water partition coefficient (Wildman–Crippen LogP) is 2.32. The van der Waals surface area contributed by atoms with Gasteiger partial charge in [0.25, 0.3) is 0 Å². The molecule has 0 aliphatic heterocycles. The fraction of sp³-hybridized carbons (Fsp3) is 0.923. The van der Waals surface area contributed by atoms with Crippen LogP contribution < -0.4 is 0 Å². The molecule has 4 nitrogen and oxygen atoms in total. The second kappa shape index (κ2) is 6.39. The quantitative estimate of drug-likeness (QED) is 0.734. The maximum Gasteiger partial charge on any atom is 0.229 e. The zero-order chi connectivity index (χ0) is 13.9. The molecule has 19 heavy (non-hydrogen) atoms. The molecular formula is C13H22O4S2. The van der Waals surface area contributed by atoms with Crippen LogP contribution in [0.1, 0.15) is 64.2 Å². The molecule has 0 heterocycles. The molecule has 0 bridgehead atoms. The van der Waals surface area contributed by atoms with E-state index < -0.39 is 25.4 Å². The summed E-state index contributed by atoms with van der Waals surface area (Å²) in [7, 11) is -6.21. The molecule has 2 rings (SSSR count). The summed E-state index contributed by atoms with van der Waals surface area (Å²) >= 11 is 0. The van der Waals surface area contributed by atoms with Crippen molar-refractivity contribution in [3.8, 4) is 0 Å². The van der Waals surface area contributed by atoms with Crippen LogP contribution in [-0.4, -0.2) is 26.3 Å². The Morgan fingerprint density at radius 3 is 1.74 bits per heavy atom. The van der Waals surface area contributed by atoms with E-state index in [1.54, 1.807) is 0 Å². The van der Waals surface area contributed by atoms with Gasteiger partial charge in [0, 0.05) is 5.92 Å². The van der Waals surface area contributed by atoms with Gasteiger partial charge >= 0.3 is 0 Å². The van der Waals surface area contributed by atoms with E-state index in [0.29, 0.717) is 25.7 Å². The first-order chi connectivity index (χ1) is 9.03. The van der Waals surface area contributed by atoms with Crippen LogP contribution in [0.4, 0.5) is 0 Å². The Morgan fingerprint density at radius 2 is 1.26 bits per heavy atom. The van der Waals surface area contributed by atoms with Crippen LogP contribution in [0.3, 0.4) is 0 Å². The first-order valence-corrected chi connectivity index (χ1v) is 9.85. The normalized spacial score (nSPS) is 23.2. The summed E-state index contributed by atoms with van der Waals surface area (Å²) in [5.74, 6) is -0.265. The van der Waals surface area contributed by atoms with Gasteiger partial charge in [0.15, 0.2) is 14.0 Å². The average Bonchev–Trinajstić information content (AvgIpc) is 2.40. The molecule has 0 aromatic heterocycles. The van der Waals surface area contributed by atoms with E-state index in [4.69, 9.17) is 0 Å². The third-order valence-corrected chi connectivity index (χ3v) is 8.38. The van der Waals surface area contributed by atoms with Crippen LogP contribution >= 0.6 is 0 Å². The first-order valence-electron chi connectivity index (χ1n) is 7.23. The van der Waals surface area contributed by atoms with Gasteiger partial charge in [-0.1, -0.05) is 38.5 Å². The van der Waals surface area contributed by atoms with Gasteiger partial charge in [0.2, 0.25) is 10.3 Å². The second-order valence-corrected chi connectivity index (χ2v) is 9.06. The number of hydrogen-bond acceptors (Lipinski definition) is 4. The summed E-state index contributed by atoms with van der Waals surface area (Å²) in [6.45, 7) is 0. The minimum Gasteiger partial charge on any atom is -0.223 e. The van der Waals surface area contributed by atoms with Crippen LogP contribution in [0.5, 0.6) is 0 Å². The zero-order valence-corrected chi connectivity index (χ0v) is 12.8. The van der Waals surface area contributed by atoms with Crippen molar-refractivity contribution in [2.75, 3.05) is 0 Å². The van der Waals surface area contributed by atoms with Gasteiger partial charge in [-0.25, -0.2) is 8.42 Å². The summed E-state index contributed by atoms with van der Waals surface area (Å²) in [4.78, 5) is 0. The van der Waals surface area contributed by atoms with Gasteiger partial charge in [-0.3, -0.25) is 0 Å². The molecule has 0 unspecified atom stereocenters. The summed E-state index contributed by atoms with van der Waals surface area (Å²) in [5, 5.41) is -0.462. The molecule has 0 saturated heterocycles. The lowest BCUT2D eigenvalue weighted by molar-refractivity contribution is 0.441. The molecule has 2 saturated carbocycles. The van der Waals surface area contributed by atoms with Crippen LogP contribution in [0, 0.1) is 5.92 Å². The minimum absolute atomic E-state index is 0.181. The molecule has 0 aromatic rings. The van der Waals surface area contributed by atoms with Crippen molar-refractivity contribution in [1.82, 2.24) is 0 Å². The smallest absolute Gasteiger partial charge is 0.223 e. The third kappa shape index (κ3) is 3.40. The highest BCUT2D eigenvalue weighted by Gasteiger charge is 2.37. The first kappa shape index (κ1) is 15.0. The van der Waals surface area contributed by atoms with Gasteiger partial charge in [0.1, 0.15) is 0 Å². The summed E-state index contributed by atoms with van der Waals surface area (Å²) < 4.78 is 48.0. The Morgan fingerprint density at radius 1 is 0.789 bits per heavy atom. The molecule has 2 aliphatic carbocycles. The van der Waals surface area contributed by atoms with Gasteiger partial charge in [-0.15, -0.1) is 0 Å². The fourth-order valence-corrected chi connectivity index (χ4v) is 7.00. The molecule has 110 valence electrons. The highest BCUT2D eigenvalue weighted by atomic mass is 32.2. The summed E-state index contributed by atoms with van der Waals surface area (Å²) in [6, 6.07) is 0. The SMILES string of the molecule is O=S(=O)=C(C1CCCCC1)S(=O)(=O)C1CCCCC1. The monoisotopic (exact) mass is 306 g/mol. The number of sulfone groups is 1. The van der Waals surface area contributed by atoms with Crippen molar-refractivity contribution < 1.29 is 16.8 Å². The Balaban J connectivity index is 2.31. The fourth-order valence-electron chi connectivity index (χ4n) is 3.34. The molecular weight excluding hydrogens is 284 g/mol. The van der Waals surface area contributed by atoms with E-state index in [1.807, 2.05) is 0 Å². The third-order valence-electron chi connectivity index (χ3n) is 4.37. The van der Waals surface area contributed by atoms with Crippen molar-refractivity contribution in [3.63, 3.8) is 0 Å². The Labute approximate surface area is 117 Å². The molecule has 2 aliphatic rings.